The molecule has 2 amide bonds. The number of hydrogen-bond donors (Lipinski definition) is 3. The van der Waals surface area contributed by atoms with Crippen LogP contribution in [0.3, 0.4) is 0 Å². The topological polar surface area (TPSA) is 87.1 Å². The first-order chi connectivity index (χ1) is 10.2. The summed E-state index contributed by atoms with van der Waals surface area (Å²) in [5.74, 6) is 0.369. The summed E-state index contributed by atoms with van der Waals surface area (Å²) < 4.78 is 0. The SMILES string of the molecule is CCCCc1nnc(NC(=O)NCC2CCCC(O)C2)s1. The largest absolute Gasteiger partial charge is 0.393 e. The summed E-state index contributed by atoms with van der Waals surface area (Å²) in [5.41, 5.74) is 0. The molecular weight excluding hydrogens is 288 g/mol. The normalized spacial score (nSPS) is 22.0. The molecule has 1 aliphatic rings. The molecule has 118 valence electrons. The lowest BCUT2D eigenvalue weighted by Crippen LogP contribution is -2.35. The van der Waals surface area contributed by atoms with Crippen LogP contribution in [0.1, 0.15) is 50.5 Å². The monoisotopic (exact) mass is 312 g/mol. The molecule has 0 aliphatic heterocycles. The summed E-state index contributed by atoms with van der Waals surface area (Å²) in [7, 11) is 0. The number of amides is 2. The highest BCUT2D eigenvalue weighted by Gasteiger charge is 2.20. The van der Waals surface area contributed by atoms with Crippen molar-refractivity contribution in [3.8, 4) is 0 Å². The van der Waals surface area contributed by atoms with Gasteiger partial charge in [-0.15, -0.1) is 10.2 Å². The molecule has 1 saturated carbocycles. The maximum Gasteiger partial charge on any atom is 0.321 e. The molecule has 1 heterocycles. The van der Waals surface area contributed by atoms with Gasteiger partial charge >= 0.3 is 6.03 Å². The third-order valence-corrected chi connectivity index (χ3v) is 4.64. The van der Waals surface area contributed by atoms with Gasteiger partial charge in [0.15, 0.2) is 0 Å². The van der Waals surface area contributed by atoms with Crippen molar-refractivity contribution in [1.29, 1.82) is 0 Å². The fraction of sp³-hybridized carbons (Fsp3) is 0.786. The first-order valence-electron chi connectivity index (χ1n) is 7.72. The maximum absolute atomic E-state index is 11.8. The van der Waals surface area contributed by atoms with Crippen molar-refractivity contribution in [3.63, 3.8) is 0 Å². The third-order valence-electron chi connectivity index (χ3n) is 3.74. The van der Waals surface area contributed by atoms with E-state index >= 15 is 0 Å². The number of aryl methyl sites for hydroxylation is 1. The number of nitrogens with zero attached hydrogens (tertiary/aromatic N) is 2. The molecule has 0 radical (unpaired) electrons. The molecule has 1 aromatic heterocycles. The highest BCUT2D eigenvalue weighted by molar-refractivity contribution is 7.15. The number of nitrogens with one attached hydrogen (secondary N) is 2. The average Bonchev–Trinajstić information content (AvgIpc) is 2.90. The number of aromatic nitrogens is 2. The Bertz CT molecular complexity index is 452. The Hall–Kier alpha value is -1.21. The highest BCUT2D eigenvalue weighted by Crippen LogP contribution is 2.23. The Kier molecular flexibility index (Phi) is 6.38. The van der Waals surface area contributed by atoms with Crippen LogP contribution in [0.4, 0.5) is 9.93 Å². The van der Waals surface area contributed by atoms with Crippen LogP contribution in [-0.2, 0) is 6.42 Å². The van der Waals surface area contributed by atoms with E-state index in [4.69, 9.17) is 0 Å². The van der Waals surface area contributed by atoms with Crippen LogP contribution in [0.2, 0.25) is 0 Å². The number of aliphatic hydroxyl groups excluding tert-OH is 1. The summed E-state index contributed by atoms with van der Waals surface area (Å²) >= 11 is 1.43. The second kappa shape index (κ2) is 8.29. The van der Waals surface area contributed by atoms with Crippen LogP contribution in [0.5, 0.6) is 0 Å². The molecule has 1 aromatic rings. The summed E-state index contributed by atoms with van der Waals surface area (Å²) in [6.45, 7) is 2.74. The number of rotatable bonds is 6. The van der Waals surface area contributed by atoms with E-state index in [1.807, 2.05) is 0 Å². The molecule has 1 aliphatic carbocycles. The lowest BCUT2D eigenvalue weighted by Gasteiger charge is -2.25. The van der Waals surface area contributed by atoms with Gasteiger partial charge in [-0.25, -0.2) is 4.79 Å². The molecule has 0 spiro atoms. The Morgan fingerprint density at radius 3 is 3.05 bits per heavy atom. The van der Waals surface area contributed by atoms with Gasteiger partial charge in [0.2, 0.25) is 5.13 Å². The third kappa shape index (κ3) is 5.59. The predicted octanol–water partition coefficient (Wildman–Crippen LogP) is 2.55. The fourth-order valence-electron chi connectivity index (χ4n) is 2.56. The lowest BCUT2D eigenvalue weighted by atomic mass is 9.87. The van der Waals surface area contributed by atoms with Gasteiger partial charge in [0.25, 0.3) is 0 Å². The second-order valence-electron chi connectivity index (χ2n) is 5.63. The molecule has 3 N–H and O–H groups in total. The van der Waals surface area contributed by atoms with Crippen molar-refractivity contribution in [2.45, 2.75) is 58.0 Å². The van der Waals surface area contributed by atoms with E-state index in [2.05, 4.69) is 27.8 Å². The molecule has 2 unspecified atom stereocenters. The molecular formula is C14H24N4O2S. The Morgan fingerprint density at radius 1 is 1.43 bits per heavy atom. The number of carbonyl (C=O) groups excluding carboxylic acids is 1. The van der Waals surface area contributed by atoms with Crippen LogP contribution < -0.4 is 10.6 Å². The zero-order chi connectivity index (χ0) is 15.1. The molecule has 0 bridgehead atoms. The molecule has 2 atom stereocenters. The fourth-order valence-corrected chi connectivity index (χ4v) is 3.34. The number of aliphatic hydroxyl groups is 1. The van der Waals surface area contributed by atoms with Crippen molar-refractivity contribution in [2.24, 2.45) is 5.92 Å². The van der Waals surface area contributed by atoms with Crippen molar-refractivity contribution >= 4 is 22.5 Å². The van der Waals surface area contributed by atoms with E-state index in [1.54, 1.807) is 0 Å². The molecule has 21 heavy (non-hydrogen) atoms. The predicted molar refractivity (Wildman–Crippen MR) is 83.5 cm³/mol. The zero-order valence-corrected chi connectivity index (χ0v) is 13.3. The summed E-state index contributed by atoms with van der Waals surface area (Å²) in [6, 6.07) is -0.242. The van der Waals surface area contributed by atoms with Crippen molar-refractivity contribution in [3.05, 3.63) is 5.01 Å². The smallest absolute Gasteiger partial charge is 0.321 e. The highest BCUT2D eigenvalue weighted by atomic mass is 32.1. The van der Waals surface area contributed by atoms with Crippen LogP contribution >= 0.6 is 11.3 Å². The molecule has 2 rings (SSSR count). The Labute approximate surface area is 129 Å². The van der Waals surface area contributed by atoms with Gasteiger partial charge in [0.05, 0.1) is 6.10 Å². The number of anilines is 1. The van der Waals surface area contributed by atoms with E-state index in [0.29, 0.717) is 17.6 Å². The number of unbranched alkanes of at least 4 members (excludes halogenated alkanes) is 1. The number of hydrogen-bond acceptors (Lipinski definition) is 5. The second-order valence-corrected chi connectivity index (χ2v) is 6.69. The van der Waals surface area contributed by atoms with Crippen LogP contribution in [-0.4, -0.2) is 34.0 Å². The van der Waals surface area contributed by atoms with Crippen LogP contribution in [0.15, 0.2) is 0 Å². The number of carbonyl (C=O) groups is 1. The zero-order valence-electron chi connectivity index (χ0n) is 12.5. The quantitative estimate of drug-likeness (QED) is 0.753. The summed E-state index contributed by atoms with van der Waals surface area (Å²) in [5, 5.41) is 24.7. The average molecular weight is 312 g/mol. The van der Waals surface area contributed by atoms with Gasteiger partial charge in [-0.1, -0.05) is 31.1 Å². The molecule has 1 fully saturated rings. The minimum Gasteiger partial charge on any atom is -0.393 e. The maximum atomic E-state index is 11.8. The lowest BCUT2D eigenvalue weighted by molar-refractivity contribution is 0.101. The van der Waals surface area contributed by atoms with Crippen molar-refractivity contribution < 1.29 is 9.90 Å². The summed E-state index contributed by atoms with van der Waals surface area (Å²) in [4.78, 5) is 11.8. The van der Waals surface area contributed by atoms with Gasteiger partial charge in [0, 0.05) is 13.0 Å². The van der Waals surface area contributed by atoms with Gasteiger partial charge in [-0.2, -0.15) is 0 Å². The van der Waals surface area contributed by atoms with Crippen LogP contribution in [0.25, 0.3) is 0 Å². The number of urea groups is 1. The first kappa shape index (κ1) is 16.2. The minimum absolute atomic E-state index is 0.210. The molecule has 0 aromatic carbocycles. The van der Waals surface area contributed by atoms with Gasteiger partial charge in [-0.3, -0.25) is 5.32 Å². The van der Waals surface area contributed by atoms with Gasteiger partial charge in [-0.05, 0) is 31.6 Å². The van der Waals surface area contributed by atoms with E-state index < -0.39 is 0 Å². The van der Waals surface area contributed by atoms with E-state index in [9.17, 15) is 9.90 Å². The van der Waals surface area contributed by atoms with Crippen LogP contribution in [0, 0.1) is 5.92 Å². The van der Waals surface area contributed by atoms with E-state index in [-0.39, 0.29) is 12.1 Å². The van der Waals surface area contributed by atoms with Gasteiger partial charge in [0.1, 0.15) is 5.01 Å². The standard InChI is InChI=1S/C14H24N4O2S/c1-2-3-7-12-17-18-14(21-12)16-13(20)15-9-10-5-4-6-11(19)8-10/h10-11,19H,2-9H2,1H3,(H2,15,16,18,20). The van der Waals surface area contributed by atoms with E-state index in [1.165, 1.54) is 11.3 Å². The first-order valence-corrected chi connectivity index (χ1v) is 8.54. The van der Waals surface area contributed by atoms with E-state index in [0.717, 1.165) is 50.0 Å². The van der Waals surface area contributed by atoms with Crippen molar-refractivity contribution in [1.82, 2.24) is 15.5 Å². The molecule has 6 nitrogen and oxygen atoms in total. The van der Waals surface area contributed by atoms with Crippen molar-refractivity contribution in [2.75, 3.05) is 11.9 Å². The Morgan fingerprint density at radius 2 is 2.29 bits per heavy atom. The Balaban J connectivity index is 1.70. The molecule has 7 heteroatoms. The van der Waals surface area contributed by atoms with Gasteiger partial charge < -0.3 is 10.4 Å². The summed E-state index contributed by atoms with van der Waals surface area (Å²) in [6.07, 6.45) is 6.67. The minimum atomic E-state index is -0.242. The molecule has 0 saturated heterocycles.